The zero-order valence-electron chi connectivity index (χ0n) is 14.8. The lowest BCUT2D eigenvalue weighted by molar-refractivity contribution is -0.118. The molecule has 26 heavy (non-hydrogen) atoms. The highest BCUT2D eigenvalue weighted by Crippen LogP contribution is 2.38. The Morgan fingerprint density at radius 3 is 2.96 bits per heavy atom. The monoisotopic (exact) mass is 356 g/mol. The number of anilines is 1. The van der Waals surface area contributed by atoms with Crippen LogP contribution in [0.5, 0.6) is 11.5 Å². The number of benzene rings is 2. The summed E-state index contributed by atoms with van der Waals surface area (Å²) in [6.45, 7) is 3.09. The van der Waals surface area contributed by atoms with E-state index in [9.17, 15) is 15.0 Å². The zero-order chi connectivity index (χ0) is 18.5. The number of amides is 1. The SMILES string of the molecule is Cc1cccc(CCCNCC(O)c2cc(O)cc3c2OCC(=O)N3)c1. The molecule has 1 amide bonds. The number of aliphatic hydroxyl groups excluding tert-OH is 1. The number of carbonyl (C=O) groups excluding carboxylic acids is 1. The van der Waals surface area contributed by atoms with Crippen molar-refractivity contribution in [2.45, 2.75) is 25.9 Å². The van der Waals surface area contributed by atoms with Gasteiger partial charge < -0.3 is 25.6 Å². The Hall–Kier alpha value is -2.57. The predicted molar refractivity (Wildman–Crippen MR) is 99.6 cm³/mol. The average molecular weight is 356 g/mol. The maximum Gasteiger partial charge on any atom is 0.262 e. The van der Waals surface area contributed by atoms with Crippen molar-refractivity contribution in [3.8, 4) is 11.5 Å². The number of ether oxygens (including phenoxy) is 1. The van der Waals surface area contributed by atoms with Crippen LogP contribution in [0.3, 0.4) is 0 Å². The van der Waals surface area contributed by atoms with E-state index in [0.717, 1.165) is 19.4 Å². The molecular formula is C20H24N2O4. The van der Waals surface area contributed by atoms with Crippen molar-refractivity contribution < 1.29 is 19.7 Å². The number of carbonyl (C=O) groups is 1. The smallest absolute Gasteiger partial charge is 0.262 e. The van der Waals surface area contributed by atoms with Crippen molar-refractivity contribution in [3.63, 3.8) is 0 Å². The van der Waals surface area contributed by atoms with Crippen molar-refractivity contribution in [2.24, 2.45) is 0 Å². The summed E-state index contributed by atoms with van der Waals surface area (Å²) in [6.07, 6.45) is 1.09. The number of phenolic OH excluding ortho intramolecular Hbond substituents is 1. The molecule has 4 N–H and O–H groups in total. The van der Waals surface area contributed by atoms with Crippen LogP contribution in [0.2, 0.25) is 0 Å². The van der Waals surface area contributed by atoms with Crippen LogP contribution in [0.4, 0.5) is 5.69 Å². The highest BCUT2D eigenvalue weighted by Gasteiger charge is 2.24. The molecule has 1 aliphatic rings. The molecule has 2 aromatic rings. The number of fused-ring (bicyclic) bond motifs is 1. The number of aryl methyl sites for hydroxylation is 2. The third kappa shape index (κ3) is 4.53. The third-order valence-electron chi connectivity index (χ3n) is 4.32. The number of hydrogen-bond donors (Lipinski definition) is 4. The minimum Gasteiger partial charge on any atom is -0.508 e. The molecule has 2 aromatic carbocycles. The van der Waals surface area contributed by atoms with Crippen LogP contribution in [0, 0.1) is 6.92 Å². The minimum absolute atomic E-state index is 0.0250. The molecule has 0 saturated carbocycles. The fraction of sp³-hybridized carbons (Fsp3) is 0.350. The van der Waals surface area contributed by atoms with Crippen LogP contribution in [-0.2, 0) is 11.2 Å². The summed E-state index contributed by atoms with van der Waals surface area (Å²) in [7, 11) is 0. The fourth-order valence-electron chi connectivity index (χ4n) is 3.09. The van der Waals surface area contributed by atoms with Gasteiger partial charge >= 0.3 is 0 Å². The molecule has 0 spiro atoms. The van der Waals surface area contributed by atoms with Gasteiger partial charge in [-0.05, 0) is 37.9 Å². The highest BCUT2D eigenvalue weighted by atomic mass is 16.5. The molecule has 138 valence electrons. The molecule has 0 aliphatic carbocycles. The summed E-state index contributed by atoms with van der Waals surface area (Å²) in [5.41, 5.74) is 3.41. The summed E-state index contributed by atoms with van der Waals surface area (Å²) in [4.78, 5) is 11.4. The van der Waals surface area contributed by atoms with Gasteiger partial charge in [-0.25, -0.2) is 0 Å². The second kappa shape index (κ2) is 8.21. The molecule has 0 fully saturated rings. The van der Waals surface area contributed by atoms with Crippen LogP contribution < -0.4 is 15.4 Å². The Morgan fingerprint density at radius 2 is 2.15 bits per heavy atom. The van der Waals surface area contributed by atoms with E-state index in [1.165, 1.54) is 23.3 Å². The molecule has 1 heterocycles. The number of phenols is 1. The maximum absolute atomic E-state index is 11.4. The second-order valence-corrected chi connectivity index (χ2v) is 6.56. The Bertz CT molecular complexity index is 791. The van der Waals surface area contributed by atoms with Gasteiger partial charge in [-0.15, -0.1) is 0 Å². The second-order valence-electron chi connectivity index (χ2n) is 6.56. The van der Waals surface area contributed by atoms with Crippen LogP contribution >= 0.6 is 0 Å². The summed E-state index contributed by atoms with van der Waals surface area (Å²) in [5, 5.41) is 26.1. The van der Waals surface area contributed by atoms with E-state index in [1.54, 1.807) is 0 Å². The van der Waals surface area contributed by atoms with E-state index in [1.807, 2.05) is 0 Å². The van der Waals surface area contributed by atoms with Gasteiger partial charge in [-0.2, -0.15) is 0 Å². The summed E-state index contributed by atoms with van der Waals surface area (Å²) < 4.78 is 5.43. The first-order valence-electron chi connectivity index (χ1n) is 8.77. The molecular weight excluding hydrogens is 332 g/mol. The van der Waals surface area contributed by atoms with Gasteiger partial charge in [0, 0.05) is 18.2 Å². The largest absolute Gasteiger partial charge is 0.508 e. The number of hydrogen-bond acceptors (Lipinski definition) is 5. The first-order chi connectivity index (χ1) is 12.5. The van der Waals surface area contributed by atoms with E-state index in [4.69, 9.17) is 4.74 Å². The molecule has 0 aromatic heterocycles. The predicted octanol–water partition coefficient (Wildman–Crippen LogP) is 2.29. The van der Waals surface area contributed by atoms with Crippen LogP contribution in [-0.4, -0.2) is 35.8 Å². The van der Waals surface area contributed by atoms with Crippen molar-refractivity contribution >= 4 is 11.6 Å². The first-order valence-corrected chi connectivity index (χ1v) is 8.77. The Morgan fingerprint density at radius 1 is 1.31 bits per heavy atom. The van der Waals surface area contributed by atoms with E-state index in [0.29, 0.717) is 23.5 Å². The topological polar surface area (TPSA) is 90.8 Å². The Labute approximate surface area is 152 Å². The Kier molecular flexibility index (Phi) is 5.75. The van der Waals surface area contributed by atoms with Crippen LogP contribution in [0.1, 0.15) is 29.2 Å². The molecule has 1 unspecified atom stereocenters. The van der Waals surface area contributed by atoms with Crippen molar-refractivity contribution in [1.82, 2.24) is 5.32 Å². The van der Waals surface area contributed by atoms with E-state index in [-0.39, 0.29) is 18.3 Å². The van der Waals surface area contributed by atoms with Crippen LogP contribution in [0.15, 0.2) is 36.4 Å². The molecule has 1 aliphatic heterocycles. The summed E-state index contributed by atoms with van der Waals surface area (Å²) in [6, 6.07) is 11.3. The molecule has 6 heteroatoms. The fourth-order valence-corrected chi connectivity index (χ4v) is 3.09. The number of rotatable bonds is 7. The van der Waals surface area contributed by atoms with Crippen molar-refractivity contribution in [1.29, 1.82) is 0 Å². The van der Waals surface area contributed by atoms with Gasteiger partial charge in [0.15, 0.2) is 6.61 Å². The molecule has 6 nitrogen and oxygen atoms in total. The average Bonchev–Trinajstić information content (AvgIpc) is 2.60. The van der Waals surface area contributed by atoms with Gasteiger partial charge in [-0.3, -0.25) is 4.79 Å². The van der Waals surface area contributed by atoms with Crippen molar-refractivity contribution in [3.05, 3.63) is 53.1 Å². The van der Waals surface area contributed by atoms with Gasteiger partial charge in [0.05, 0.1) is 11.8 Å². The number of aliphatic hydroxyl groups is 1. The van der Waals surface area contributed by atoms with E-state index >= 15 is 0 Å². The number of nitrogens with one attached hydrogen (secondary N) is 2. The van der Waals surface area contributed by atoms with E-state index < -0.39 is 6.10 Å². The van der Waals surface area contributed by atoms with Gasteiger partial charge in [0.2, 0.25) is 0 Å². The zero-order valence-corrected chi connectivity index (χ0v) is 14.8. The van der Waals surface area contributed by atoms with Crippen LogP contribution in [0.25, 0.3) is 0 Å². The summed E-state index contributed by atoms with van der Waals surface area (Å²) >= 11 is 0. The lowest BCUT2D eigenvalue weighted by atomic mass is 10.0. The molecule has 0 radical (unpaired) electrons. The molecule has 0 bridgehead atoms. The highest BCUT2D eigenvalue weighted by molar-refractivity contribution is 5.96. The summed E-state index contributed by atoms with van der Waals surface area (Å²) in [5.74, 6) is 0.109. The number of aromatic hydroxyl groups is 1. The quantitative estimate of drug-likeness (QED) is 0.572. The maximum atomic E-state index is 11.4. The third-order valence-corrected chi connectivity index (χ3v) is 4.32. The lowest BCUT2D eigenvalue weighted by Crippen LogP contribution is -2.28. The Balaban J connectivity index is 1.52. The minimum atomic E-state index is -0.843. The lowest BCUT2D eigenvalue weighted by Gasteiger charge is -2.23. The molecule has 3 rings (SSSR count). The van der Waals surface area contributed by atoms with Crippen molar-refractivity contribution in [2.75, 3.05) is 25.0 Å². The molecule has 1 atom stereocenters. The molecule has 0 saturated heterocycles. The normalized spacial score (nSPS) is 14.3. The van der Waals surface area contributed by atoms with Gasteiger partial charge in [0.25, 0.3) is 5.91 Å². The van der Waals surface area contributed by atoms with Gasteiger partial charge in [-0.1, -0.05) is 29.8 Å². The van der Waals surface area contributed by atoms with Gasteiger partial charge in [0.1, 0.15) is 11.5 Å². The van der Waals surface area contributed by atoms with E-state index in [2.05, 4.69) is 41.8 Å². The first kappa shape index (κ1) is 18.2. The standard InChI is InChI=1S/C20H24N2O4/c1-13-4-2-5-14(8-13)6-3-7-21-11-18(24)16-9-15(23)10-17-20(16)26-12-19(25)22-17/h2,4-5,8-10,18,21,23-24H,3,6-7,11-12H2,1H3,(H,22,25).